The van der Waals surface area contributed by atoms with Crippen LogP contribution in [0.2, 0.25) is 0 Å². The van der Waals surface area contributed by atoms with Gasteiger partial charge in [-0.05, 0) is 45.2 Å². The second kappa shape index (κ2) is 8.03. The molecule has 0 unspecified atom stereocenters. The van der Waals surface area contributed by atoms with E-state index >= 15 is 0 Å². The van der Waals surface area contributed by atoms with Gasteiger partial charge in [0.25, 0.3) is 5.69 Å². The molecule has 142 valence electrons. The van der Waals surface area contributed by atoms with Crippen LogP contribution < -0.4 is 4.90 Å². The number of nitro benzene ring substituents is 1. The van der Waals surface area contributed by atoms with Crippen LogP contribution in [0.5, 0.6) is 0 Å². The van der Waals surface area contributed by atoms with Gasteiger partial charge in [-0.2, -0.15) is 0 Å². The molecule has 2 fully saturated rings. The summed E-state index contributed by atoms with van der Waals surface area (Å²) in [6, 6.07) is 7.38. The van der Waals surface area contributed by atoms with Crippen molar-refractivity contribution in [3.05, 3.63) is 34.4 Å². The van der Waals surface area contributed by atoms with E-state index in [4.69, 9.17) is 0 Å². The van der Waals surface area contributed by atoms with Gasteiger partial charge in [0, 0.05) is 56.1 Å². The molecule has 2 aliphatic rings. The van der Waals surface area contributed by atoms with Crippen LogP contribution in [-0.4, -0.2) is 65.4 Å². The topological polar surface area (TPSA) is 69.9 Å². The molecule has 26 heavy (non-hydrogen) atoms. The summed E-state index contributed by atoms with van der Waals surface area (Å²) in [4.78, 5) is 29.6. The first-order valence-corrected chi connectivity index (χ1v) is 9.48. The Morgan fingerprint density at radius 3 is 2.19 bits per heavy atom. The third-order valence-electron chi connectivity index (χ3n) is 5.64. The highest BCUT2D eigenvalue weighted by molar-refractivity contribution is 5.79. The molecular formula is C19H28N4O3. The lowest BCUT2D eigenvalue weighted by Gasteiger charge is -2.41. The molecule has 0 bridgehead atoms. The number of non-ortho nitro benzene ring substituents is 1. The van der Waals surface area contributed by atoms with Crippen molar-refractivity contribution < 1.29 is 9.72 Å². The number of benzene rings is 1. The molecule has 0 saturated carbocycles. The number of piperazine rings is 1. The summed E-state index contributed by atoms with van der Waals surface area (Å²) in [6.07, 6.45) is 3.41. The Labute approximate surface area is 154 Å². The number of nitro groups is 1. The van der Waals surface area contributed by atoms with Gasteiger partial charge in [0.15, 0.2) is 0 Å². The van der Waals surface area contributed by atoms with Crippen molar-refractivity contribution in [2.75, 3.05) is 37.6 Å². The Balaban J connectivity index is 1.52. The molecule has 2 saturated heterocycles. The lowest BCUT2D eigenvalue weighted by atomic mass is 9.97. The average molecular weight is 360 g/mol. The van der Waals surface area contributed by atoms with Gasteiger partial charge in [-0.25, -0.2) is 0 Å². The van der Waals surface area contributed by atoms with Crippen LogP contribution in [0, 0.1) is 10.1 Å². The molecule has 0 N–H and O–H groups in total. The van der Waals surface area contributed by atoms with E-state index < -0.39 is 0 Å². The summed E-state index contributed by atoms with van der Waals surface area (Å²) in [5, 5.41) is 10.8. The van der Waals surface area contributed by atoms with Gasteiger partial charge in [-0.3, -0.25) is 19.8 Å². The maximum atomic E-state index is 12.7. The van der Waals surface area contributed by atoms with Crippen molar-refractivity contribution in [3.8, 4) is 0 Å². The quantitative estimate of drug-likeness (QED) is 0.609. The molecule has 7 nitrogen and oxygen atoms in total. The summed E-state index contributed by atoms with van der Waals surface area (Å²) < 4.78 is 0. The van der Waals surface area contributed by atoms with E-state index in [1.165, 1.54) is 6.42 Å². The summed E-state index contributed by atoms with van der Waals surface area (Å²) in [6.45, 7) is 8.12. The number of carbonyl (C=O) groups excluding carboxylic acids is 1. The monoisotopic (exact) mass is 360 g/mol. The highest BCUT2D eigenvalue weighted by Crippen LogP contribution is 2.23. The van der Waals surface area contributed by atoms with Crippen LogP contribution in [0.25, 0.3) is 0 Å². The molecular weight excluding hydrogens is 332 g/mol. The number of piperidine rings is 1. The fourth-order valence-corrected chi connectivity index (χ4v) is 4.14. The van der Waals surface area contributed by atoms with Crippen molar-refractivity contribution in [2.24, 2.45) is 0 Å². The number of carbonyl (C=O) groups is 1. The molecule has 2 atom stereocenters. The Hall–Kier alpha value is -2.15. The molecule has 2 heterocycles. The van der Waals surface area contributed by atoms with Crippen LogP contribution in [0.15, 0.2) is 24.3 Å². The largest absolute Gasteiger partial charge is 0.369 e. The summed E-state index contributed by atoms with van der Waals surface area (Å²) in [5.41, 5.74) is 1.11. The minimum atomic E-state index is -0.379. The van der Waals surface area contributed by atoms with Crippen LogP contribution in [0.3, 0.4) is 0 Å². The SMILES string of the molecule is C[C@@H]1CCC[C@H](C)N1C(=O)CN1CCN(c2ccc([N+](=O)[O-])cc2)CC1. The second-order valence-electron chi connectivity index (χ2n) is 7.47. The zero-order chi connectivity index (χ0) is 18.7. The molecule has 1 amide bonds. The predicted octanol–water partition coefficient (Wildman–Crippen LogP) is 2.51. The molecule has 0 aliphatic carbocycles. The summed E-state index contributed by atoms with van der Waals surface area (Å²) >= 11 is 0. The van der Waals surface area contributed by atoms with Crippen molar-refractivity contribution >= 4 is 17.3 Å². The lowest BCUT2D eigenvalue weighted by molar-refractivity contribution is -0.384. The zero-order valence-electron chi connectivity index (χ0n) is 15.6. The van der Waals surface area contributed by atoms with E-state index in [9.17, 15) is 14.9 Å². The standard InChI is InChI=1S/C19H28N4O3/c1-15-4-3-5-16(2)22(15)19(24)14-20-10-12-21(13-11-20)17-6-8-18(9-7-17)23(25)26/h6-9,15-16H,3-5,10-14H2,1-2H3/t15-,16+. The predicted molar refractivity (Wildman–Crippen MR) is 101 cm³/mol. The number of nitrogens with zero attached hydrogens (tertiary/aromatic N) is 4. The average Bonchev–Trinajstić information content (AvgIpc) is 2.62. The van der Waals surface area contributed by atoms with E-state index in [0.717, 1.165) is 44.7 Å². The Morgan fingerprint density at radius 2 is 1.65 bits per heavy atom. The first-order chi connectivity index (χ1) is 12.5. The maximum Gasteiger partial charge on any atom is 0.269 e. The third kappa shape index (κ3) is 4.15. The van der Waals surface area contributed by atoms with Gasteiger partial charge in [-0.1, -0.05) is 0 Å². The Kier molecular flexibility index (Phi) is 5.76. The van der Waals surface area contributed by atoms with E-state index in [1.54, 1.807) is 24.3 Å². The van der Waals surface area contributed by atoms with E-state index in [2.05, 4.69) is 28.5 Å². The lowest BCUT2D eigenvalue weighted by Crippen LogP contribution is -2.54. The third-order valence-corrected chi connectivity index (χ3v) is 5.64. The fraction of sp³-hybridized carbons (Fsp3) is 0.632. The molecule has 1 aromatic rings. The first kappa shape index (κ1) is 18.6. The zero-order valence-corrected chi connectivity index (χ0v) is 15.6. The second-order valence-corrected chi connectivity index (χ2v) is 7.47. The van der Waals surface area contributed by atoms with Crippen molar-refractivity contribution in [1.82, 2.24) is 9.80 Å². The molecule has 2 aliphatic heterocycles. The number of anilines is 1. The summed E-state index contributed by atoms with van der Waals surface area (Å²) in [5.74, 6) is 0.244. The number of likely N-dealkylation sites (tertiary alicyclic amines) is 1. The van der Waals surface area contributed by atoms with Crippen LogP contribution in [0.4, 0.5) is 11.4 Å². The number of amides is 1. The number of hydrogen-bond acceptors (Lipinski definition) is 5. The van der Waals surface area contributed by atoms with Gasteiger partial charge in [0.2, 0.25) is 5.91 Å². The molecule has 3 rings (SSSR count). The molecule has 7 heteroatoms. The smallest absolute Gasteiger partial charge is 0.269 e. The maximum absolute atomic E-state index is 12.7. The Bertz CT molecular complexity index is 631. The summed E-state index contributed by atoms with van der Waals surface area (Å²) in [7, 11) is 0. The van der Waals surface area contributed by atoms with Gasteiger partial charge in [0.1, 0.15) is 0 Å². The van der Waals surface area contributed by atoms with Crippen LogP contribution >= 0.6 is 0 Å². The van der Waals surface area contributed by atoms with Crippen molar-refractivity contribution in [2.45, 2.75) is 45.2 Å². The van der Waals surface area contributed by atoms with Crippen LogP contribution in [0.1, 0.15) is 33.1 Å². The Morgan fingerprint density at radius 1 is 1.08 bits per heavy atom. The van der Waals surface area contributed by atoms with Crippen LogP contribution in [-0.2, 0) is 4.79 Å². The molecule has 1 aromatic carbocycles. The normalized spacial score (nSPS) is 24.5. The van der Waals surface area contributed by atoms with E-state index in [-0.39, 0.29) is 16.5 Å². The highest BCUT2D eigenvalue weighted by atomic mass is 16.6. The first-order valence-electron chi connectivity index (χ1n) is 9.48. The van der Waals surface area contributed by atoms with E-state index in [1.807, 2.05) is 0 Å². The minimum Gasteiger partial charge on any atom is -0.369 e. The van der Waals surface area contributed by atoms with Crippen molar-refractivity contribution in [3.63, 3.8) is 0 Å². The number of hydrogen-bond donors (Lipinski definition) is 0. The van der Waals surface area contributed by atoms with Gasteiger partial charge < -0.3 is 9.80 Å². The fourth-order valence-electron chi connectivity index (χ4n) is 4.14. The van der Waals surface area contributed by atoms with E-state index in [0.29, 0.717) is 18.6 Å². The van der Waals surface area contributed by atoms with Gasteiger partial charge in [-0.15, -0.1) is 0 Å². The highest BCUT2D eigenvalue weighted by Gasteiger charge is 2.30. The van der Waals surface area contributed by atoms with Gasteiger partial charge in [0.05, 0.1) is 11.5 Å². The molecule has 0 spiro atoms. The molecule has 0 aromatic heterocycles. The van der Waals surface area contributed by atoms with Gasteiger partial charge >= 0.3 is 0 Å². The molecule has 0 radical (unpaired) electrons. The van der Waals surface area contributed by atoms with Crippen molar-refractivity contribution in [1.29, 1.82) is 0 Å². The number of rotatable bonds is 4. The minimum absolute atomic E-state index is 0.114.